The lowest BCUT2D eigenvalue weighted by Gasteiger charge is -2.18. The SMILES string of the molecule is COc1cc(C(=O)NCC(c2ccccc2)c2c[nH]c3ccccc23)cc(Br)c1O. The van der Waals surface area contributed by atoms with Crippen molar-refractivity contribution in [3.8, 4) is 11.5 Å². The van der Waals surface area contributed by atoms with Gasteiger partial charge in [0.15, 0.2) is 11.5 Å². The summed E-state index contributed by atoms with van der Waals surface area (Å²) >= 11 is 3.27. The number of H-pyrrole nitrogens is 1. The predicted molar refractivity (Wildman–Crippen MR) is 121 cm³/mol. The molecule has 0 aliphatic rings. The maximum absolute atomic E-state index is 12.9. The van der Waals surface area contributed by atoms with Gasteiger partial charge in [-0.15, -0.1) is 0 Å². The normalized spacial score (nSPS) is 11.9. The molecule has 0 radical (unpaired) electrons. The minimum atomic E-state index is -0.241. The highest BCUT2D eigenvalue weighted by atomic mass is 79.9. The zero-order chi connectivity index (χ0) is 21.1. The molecule has 1 amide bonds. The average molecular weight is 465 g/mol. The number of phenolic OH excluding ortho intramolecular Hbond substituents is 1. The molecule has 0 aliphatic heterocycles. The van der Waals surface area contributed by atoms with E-state index in [1.54, 1.807) is 6.07 Å². The van der Waals surface area contributed by atoms with Crippen molar-refractivity contribution in [2.24, 2.45) is 0 Å². The Bertz CT molecular complexity index is 1190. The van der Waals surface area contributed by atoms with Gasteiger partial charge in [0.1, 0.15) is 0 Å². The van der Waals surface area contributed by atoms with E-state index >= 15 is 0 Å². The number of aromatic amines is 1. The van der Waals surface area contributed by atoms with Crippen LogP contribution in [0.2, 0.25) is 0 Å². The minimum Gasteiger partial charge on any atom is -0.503 e. The van der Waals surface area contributed by atoms with Crippen molar-refractivity contribution < 1.29 is 14.6 Å². The van der Waals surface area contributed by atoms with Crippen molar-refractivity contribution in [3.05, 3.63) is 94.1 Å². The summed E-state index contributed by atoms with van der Waals surface area (Å²) in [5.74, 6) is -0.0516. The highest BCUT2D eigenvalue weighted by Gasteiger charge is 2.20. The van der Waals surface area contributed by atoms with Crippen LogP contribution in [0.15, 0.2) is 77.4 Å². The molecule has 0 fully saturated rings. The van der Waals surface area contributed by atoms with Gasteiger partial charge < -0.3 is 20.1 Å². The van der Waals surface area contributed by atoms with Crippen LogP contribution < -0.4 is 10.1 Å². The summed E-state index contributed by atoms with van der Waals surface area (Å²) in [5.41, 5.74) is 3.71. The van der Waals surface area contributed by atoms with Gasteiger partial charge in [-0.2, -0.15) is 0 Å². The molecule has 1 aromatic heterocycles. The topological polar surface area (TPSA) is 74.3 Å². The number of halogens is 1. The lowest BCUT2D eigenvalue weighted by molar-refractivity contribution is 0.0952. The van der Waals surface area contributed by atoms with Crippen LogP contribution in [-0.2, 0) is 0 Å². The zero-order valence-electron chi connectivity index (χ0n) is 16.4. The number of ether oxygens (including phenoxy) is 1. The van der Waals surface area contributed by atoms with Gasteiger partial charge in [0.25, 0.3) is 5.91 Å². The summed E-state index contributed by atoms with van der Waals surface area (Å²) < 4.78 is 5.56. The smallest absolute Gasteiger partial charge is 0.251 e. The number of rotatable bonds is 6. The van der Waals surface area contributed by atoms with Crippen LogP contribution in [0, 0.1) is 0 Å². The summed E-state index contributed by atoms with van der Waals surface area (Å²) in [5, 5.41) is 14.2. The third-order valence-electron chi connectivity index (χ3n) is 5.18. The molecule has 1 heterocycles. The van der Waals surface area contributed by atoms with E-state index in [0.717, 1.165) is 22.0 Å². The number of hydrogen-bond acceptors (Lipinski definition) is 3. The van der Waals surface area contributed by atoms with E-state index < -0.39 is 0 Å². The molecule has 1 atom stereocenters. The van der Waals surface area contributed by atoms with Crippen LogP contribution in [0.5, 0.6) is 11.5 Å². The summed E-state index contributed by atoms with van der Waals surface area (Å²) in [6, 6.07) is 21.4. The zero-order valence-corrected chi connectivity index (χ0v) is 17.9. The van der Waals surface area contributed by atoms with Gasteiger partial charge in [0.05, 0.1) is 11.6 Å². The third-order valence-corrected chi connectivity index (χ3v) is 5.78. The monoisotopic (exact) mass is 464 g/mol. The molecular formula is C24H21BrN2O3. The fourth-order valence-electron chi connectivity index (χ4n) is 3.63. The van der Waals surface area contributed by atoms with Crippen LogP contribution in [-0.4, -0.2) is 29.7 Å². The Kier molecular flexibility index (Phi) is 5.77. The van der Waals surface area contributed by atoms with Gasteiger partial charge in [0, 0.05) is 35.1 Å². The number of amides is 1. The maximum atomic E-state index is 12.9. The number of methoxy groups -OCH3 is 1. The first kappa shape index (κ1) is 20.0. The second-order valence-corrected chi connectivity index (χ2v) is 7.83. The van der Waals surface area contributed by atoms with E-state index in [1.807, 2.05) is 42.6 Å². The second kappa shape index (κ2) is 8.63. The number of para-hydroxylation sites is 1. The first-order valence-corrected chi connectivity index (χ1v) is 10.3. The molecule has 152 valence electrons. The van der Waals surface area contributed by atoms with Crippen LogP contribution in [0.25, 0.3) is 10.9 Å². The first-order chi connectivity index (χ1) is 14.6. The molecule has 5 nitrogen and oxygen atoms in total. The quantitative estimate of drug-likeness (QED) is 0.366. The Balaban J connectivity index is 1.64. The molecular weight excluding hydrogens is 444 g/mol. The number of aromatic hydroxyl groups is 1. The highest BCUT2D eigenvalue weighted by molar-refractivity contribution is 9.10. The number of fused-ring (bicyclic) bond motifs is 1. The lowest BCUT2D eigenvalue weighted by Crippen LogP contribution is -2.29. The van der Waals surface area contributed by atoms with Gasteiger partial charge in [-0.25, -0.2) is 0 Å². The van der Waals surface area contributed by atoms with E-state index in [4.69, 9.17) is 4.74 Å². The minimum absolute atomic E-state index is 0.0197. The number of hydrogen-bond donors (Lipinski definition) is 3. The van der Waals surface area contributed by atoms with E-state index in [1.165, 1.54) is 13.2 Å². The summed E-state index contributed by atoms with van der Waals surface area (Å²) in [4.78, 5) is 16.2. The van der Waals surface area contributed by atoms with Gasteiger partial charge in [-0.05, 0) is 45.3 Å². The standard InChI is InChI=1S/C24H21BrN2O3/c1-30-22-12-16(11-20(25)23(22)28)24(29)27-13-18(15-7-3-2-4-8-15)19-14-26-21-10-6-5-9-17(19)21/h2-12,14,18,26,28H,13H2,1H3,(H,27,29). The first-order valence-electron chi connectivity index (χ1n) is 9.54. The van der Waals surface area contributed by atoms with Crippen LogP contribution in [0.1, 0.15) is 27.4 Å². The molecule has 4 rings (SSSR count). The van der Waals surface area contributed by atoms with Crippen molar-refractivity contribution >= 4 is 32.7 Å². The molecule has 6 heteroatoms. The molecule has 0 saturated carbocycles. The largest absolute Gasteiger partial charge is 0.503 e. The summed E-state index contributed by atoms with van der Waals surface area (Å²) in [7, 11) is 1.45. The number of carbonyl (C=O) groups is 1. The molecule has 3 aromatic carbocycles. The maximum Gasteiger partial charge on any atom is 0.251 e. The predicted octanol–water partition coefficient (Wildman–Crippen LogP) is 5.21. The molecule has 0 spiro atoms. The number of nitrogens with one attached hydrogen (secondary N) is 2. The van der Waals surface area contributed by atoms with E-state index in [0.29, 0.717) is 16.6 Å². The van der Waals surface area contributed by atoms with Crippen LogP contribution in [0.4, 0.5) is 0 Å². The Morgan fingerprint density at radius 1 is 1.13 bits per heavy atom. The molecule has 30 heavy (non-hydrogen) atoms. The third kappa shape index (κ3) is 3.91. The van der Waals surface area contributed by atoms with Crippen molar-refractivity contribution in [2.45, 2.75) is 5.92 Å². The second-order valence-electron chi connectivity index (χ2n) is 6.97. The number of benzene rings is 3. The Morgan fingerprint density at radius 2 is 1.87 bits per heavy atom. The van der Waals surface area contributed by atoms with E-state index in [2.05, 4.69) is 44.4 Å². The number of carbonyl (C=O) groups excluding carboxylic acids is 1. The Hall–Kier alpha value is -3.25. The lowest BCUT2D eigenvalue weighted by atomic mass is 9.91. The summed E-state index contributed by atoms with van der Waals surface area (Å²) in [6.45, 7) is 0.422. The van der Waals surface area contributed by atoms with E-state index in [-0.39, 0.29) is 23.3 Å². The van der Waals surface area contributed by atoms with Crippen LogP contribution >= 0.6 is 15.9 Å². The van der Waals surface area contributed by atoms with Crippen molar-refractivity contribution in [3.63, 3.8) is 0 Å². The molecule has 3 N–H and O–H groups in total. The van der Waals surface area contributed by atoms with E-state index in [9.17, 15) is 9.90 Å². The van der Waals surface area contributed by atoms with Crippen molar-refractivity contribution in [1.82, 2.24) is 10.3 Å². The van der Waals surface area contributed by atoms with Crippen molar-refractivity contribution in [2.75, 3.05) is 13.7 Å². The van der Waals surface area contributed by atoms with Gasteiger partial charge in [-0.3, -0.25) is 4.79 Å². The average Bonchev–Trinajstić information content (AvgIpc) is 3.20. The molecule has 4 aromatic rings. The van der Waals surface area contributed by atoms with Crippen LogP contribution in [0.3, 0.4) is 0 Å². The number of phenols is 1. The fourth-order valence-corrected chi connectivity index (χ4v) is 4.07. The van der Waals surface area contributed by atoms with Gasteiger partial charge in [0.2, 0.25) is 0 Å². The molecule has 0 bridgehead atoms. The van der Waals surface area contributed by atoms with Crippen molar-refractivity contribution in [1.29, 1.82) is 0 Å². The molecule has 0 saturated heterocycles. The molecule has 0 aliphatic carbocycles. The highest BCUT2D eigenvalue weighted by Crippen LogP contribution is 2.35. The van der Waals surface area contributed by atoms with Gasteiger partial charge >= 0.3 is 0 Å². The molecule has 1 unspecified atom stereocenters. The fraction of sp³-hybridized carbons (Fsp3) is 0.125. The Morgan fingerprint density at radius 3 is 2.63 bits per heavy atom. The number of aromatic nitrogens is 1. The summed E-state index contributed by atoms with van der Waals surface area (Å²) in [6.07, 6.45) is 2.01. The van der Waals surface area contributed by atoms with Gasteiger partial charge in [-0.1, -0.05) is 48.5 Å². The Labute approximate surface area is 182 Å².